The molecule has 19 heteroatoms. The molecule has 16 nitrogen and oxygen atoms in total. The van der Waals surface area contributed by atoms with Crippen LogP contribution < -0.4 is 25.5 Å². The maximum Gasteiger partial charge on any atom is 0.362 e. The molecule has 2 aromatic carbocycles. The predicted octanol–water partition coefficient (Wildman–Crippen LogP) is 2.83. The molecule has 1 aromatic heterocycles. The summed E-state index contributed by atoms with van der Waals surface area (Å²) >= 11 is 0. The van der Waals surface area contributed by atoms with E-state index < -0.39 is 51.3 Å². The van der Waals surface area contributed by atoms with Crippen molar-refractivity contribution in [3.05, 3.63) is 78.4 Å². The van der Waals surface area contributed by atoms with Crippen LogP contribution in [-0.4, -0.2) is 80.5 Å². The van der Waals surface area contributed by atoms with Crippen molar-refractivity contribution < 1.29 is 47.9 Å². The number of nitrogens with one attached hydrogen (secondary N) is 3. The zero-order valence-corrected chi connectivity index (χ0v) is 30.8. The van der Waals surface area contributed by atoms with Crippen molar-refractivity contribution in [1.82, 2.24) is 25.9 Å². The van der Waals surface area contributed by atoms with Crippen molar-refractivity contribution in [2.24, 2.45) is 5.92 Å². The van der Waals surface area contributed by atoms with Crippen molar-refractivity contribution in [2.75, 3.05) is 11.9 Å². The van der Waals surface area contributed by atoms with Gasteiger partial charge in [-0.2, -0.15) is 0 Å². The highest BCUT2D eigenvalue weighted by atomic mass is 31.2. The Balaban J connectivity index is 1.63. The summed E-state index contributed by atoms with van der Waals surface area (Å²) in [6, 6.07) is 12.7. The van der Waals surface area contributed by atoms with E-state index in [0.29, 0.717) is 12.1 Å². The number of amides is 4. The van der Waals surface area contributed by atoms with E-state index in [2.05, 4.69) is 20.6 Å². The van der Waals surface area contributed by atoms with Crippen molar-refractivity contribution in [3.63, 3.8) is 0 Å². The summed E-state index contributed by atoms with van der Waals surface area (Å²) in [5.74, 6) is -2.50. The number of carbonyl (C=O) groups excluding carboxylic acids is 4. The Labute approximate surface area is 303 Å². The standard InChI is InChI=1S/C33H43BN6O10P2/c1-21(2)17-28(38-31(44)24(18-22-9-5-4-6-10-22)37-32(45)25-20-35-15-16-36-25)34-50-27-19-23(13-14-26(27)41)40(3)30(43)12-8-7-11-29(42)39-33(51-46)52(47,48)49/h4-6,9-10,13-16,19-21,24,28,33-34,41H,7-8,11-12,17-18H2,1-3H3,(H,37,45)(H,38,44)(H,39,42)(H2,47,48,49)/t24-,28-,33?/m1/s1. The largest absolute Gasteiger partial charge is 0.559 e. The number of carbonyl (C=O) groups is 4. The van der Waals surface area contributed by atoms with Gasteiger partial charge in [0.25, 0.3) is 5.91 Å². The summed E-state index contributed by atoms with van der Waals surface area (Å²) in [5.41, 5.74) is -0.520. The Hall–Kier alpha value is -4.69. The lowest BCUT2D eigenvalue weighted by molar-refractivity contribution is -0.123. The van der Waals surface area contributed by atoms with Gasteiger partial charge < -0.3 is 40.4 Å². The minimum absolute atomic E-state index is 0.0362. The predicted molar refractivity (Wildman–Crippen MR) is 194 cm³/mol. The average Bonchev–Trinajstić information content (AvgIpc) is 3.11. The second-order valence-electron chi connectivity index (χ2n) is 12.4. The summed E-state index contributed by atoms with van der Waals surface area (Å²) in [5, 5.41) is 18.3. The molecule has 0 spiro atoms. The molecule has 278 valence electrons. The van der Waals surface area contributed by atoms with E-state index in [0.717, 1.165) is 5.56 Å². The molecule has 0 bridgehead atoms. The highest BCUT2D eigenvalue weighted by Crippen LogP contribution is 2.44. The molecule has 0 fully saturated rings. The van der Waals surface area contributed by atoms with E-state index in [1.165, 1.54) is 48.7 Å². The molecular formula is C33H43BN6O10P2. The molecule has 4 amide bonds. The number of hydrogen-bond acceptors (Lipinski definition) is 10. The molecule has 6 N–H and O–H groups in total. The lowest BCUT2D eigenvalue weighted by atomic mass is 9.81. The molecule has 0 radical (unpaired) electrons. The molecular weight excluding hydrogens is 713 g/mol. The molecule has 1 unspecified atom stereocenters. The van der Waals surface area contributed by atoms with Crippen LogP contribution in [0.5, 0.6) is 11.5 Å². The van der Waals surface area contributed by atoms with Gasteiger partial charge in [0.15, 0.2) is 14.2 Å². The van der Waals surface area contributed by atoms with Gasteiger partial charge in [0.2, 0.25) is 23.2 Å². The number of phenols is 1. The number of aromatic nitrogens is 2. The third kappa shape index (κ3) is 13.8. The number of hydrogen-bond donors (Lipinski definition) is 6. The summed E-state index contributed by atoms with van der Waals surface area (Å²) in [4.78, 5) is 79.0. The molecule has 3 aromatic rings. The monoisotopic (exact) mass is 756 g/mol. The van der Waals surface area contributed by atoms with Gasteiger partial charge in [-0.25, -0.2) is 4.98 Å². The fourth-order valence-electron chi connectivity index (χ4n) is 5.03. The van der Waals surface area contributed by atoms with Crippen LogP contribution in [-0.2, 0) is 29.9 Å². The Morgan fingerprint density at radius 1 is 1.00 bits per heavy atom. The Morgan fingerprint density at radius 3 is 2.35 bits per heavy atom. The van der Waals surface area contributed by atoms with Gasteiger partial charge in [-0.1, -0.05) is 44.2 Å². The molecule has 3 rings (SSSR count). The van der Waals surface area contributed by atoms with E-state index in [1.807, 2.05) is 49.5 Å². The quantitative estimate of drug-likeness (QED) is 0.0555. The van der Waals surface area contributed by atoms with Crippen molar-refractivity contribution in [1.29, 1.82) is 0 Å². The van der Waals surface area contributed by atoms with E-state index in [-0.39, 0.29) is 68.6 Å². The molecule has 3 atom stereocenters. The third-order valence-corrected chi connectivity index (χ3v) is 9.98. The molecule has 0 aliphatic heterocycles. The first-order chi connectivity index (χ1) is 24.7. The number of aromatic hydroxyl groups is 1. The first-order valence-corrected chi connectivity index (χ1v) is 19.0. The minimum atomic E-state index is -4.78. The fraction of sp³-hybridized carbons (Fsp3) is 0.394. The first-order valence-electron chi connectivity index (χ1n) is 16.5. The number of anilines is 1. The van der Waals surface area contributed by atoms with Crippen LogP contribution in [0.2, 0.25) is 0 Å². The minimum Gasteiger partial charge on any atom is -0.559 e. The molecule has 0 saturated heterocycles. The summed E-state index contributed by atoms with van der Waals surface area (Å²) < 4.78 is 28.2. The van der Waals surface area contributed by atoms with E-state index in [9.17, 15) is 33.4 Å². The molecule has 0 aliphatic rings. The maximum absolute atomic E-state index is 13.7. The Morgan fingerprint density at radius 2 is 1.71 bits per heavy atom. The molecule has 0 saturated carbocycles. The van der Waals surface area contributed by atoms with E-state index >= 15 is 0 Å². The van der Waals surface area contributed by atoms with Crippen LogP contribution in [0.1, 0.15) is 62.0 Å². The topological polar surface area (TPSA) is 237 Å². The fourth-order valence-corrected chi connectivity index (χ4v) is 6.03. The van der Waals surface area contributed by atoms with Crippen LogP contribution >= 0.6 is 16.1 Å². The smallest absolute Gasteiger partial charge is 0.362 e. The number of unbranched alkanes of at least 4 members (excludes halogenated alkanes) is 1. The van der Waals surface area contributed by atoms with Crippen molar-refractivity contribution in [2.45, 2.75) is 69.9 Å². The summed E-state index contributed by atoms with van der Waals surface area (Å²) in [7, 11) is -4.19. The van der Waals surface area contributed by atoms with Crippen LogP contribution in [0.3, 0.4) is 0 Å². The van der Waals surface area contributed by atoms with Gasteiger partial charge in [-0.15, -0.1) is 0 Å². The van der Waals surface area contributed by atoms with E-state index in [1.54, 1.807) is 0 Å². The molecule has 1 heterocycles. The highest BCUT2D eigenvalue weighted by molar-refractivity contribution is 7.61. The molecule has 0 aliphatic carbocycles. The highest BCUT2D eigenvalue weighted by Gasteiger charge is 2.31. The van der Waals surface area contributed by atoms with Crippen LogP contribution in [0.15, 0.2) is 67.1 Å². The van der Waals surface area contributed by atoms with Crippen LogP contribution in [0.4, 0.5) is 5.69 Å². The summed E-state index contributed by atoms with van der Waals surface area (Å²) in [6.07, 6.45) is 5.28. The van der Waals surface area contributed by atoms with Gasteiger partial charge in [0.1, 0.15) is 17.5 Å². The van der Waals surface area contributed by atoms with Gasteiger partial charge in [-0.3, -0.25) is 33.3 Å². The van der Waals surface area contributed by atoms with E-state index in [4.69, 9.17) is 14.4 Å². The average molecular weight is 756 g/mol. The molecule has 52 heavy (non-hydrogen) atoms. The number of benzene rings is 2. The van der Waals surface area contributed by atoms with Crippen LogP contribution in [0.25, 0.3) is 0 Å². The zero-order valence-electron chi connectivity index (χ0n) is 29.0. The van der Waals surface area contributed by atoms with Gasteiger partial charge >= 0.3 is 15.1 Å². The number of nitrogens with zero attached hydrogens (tertiary/aromatic N) is 3. The van der Waals surface area contributed by atoms with Gasteiger partial charge in [0.05, 0.1) is 6.20 Å². The van der Waals surface area contributed by atoms with Crippen molar-refractivity contribution >= 4 is 52.9 Å². The second kappa shape index (κ2) is 20.4. The van der Waals surface area contributed by atoms with Crippen molar-refractivity contribution in [3.8, 4) is 11.5 Å². The summed E-state index contributed by atoms with van der Waals surface area (Å²) in [6.45, 7) is 3.96. The maximum atomic E-state index is 13.7. The SMILES string of the molecule is CC(C)C[C@H](BOc1cc(N(C)C(=O)CCCCC(=O)NC(P=O)P(=O)(O)O)ccc1O)NC(=O)[C@@H](Cc1ccccc1)NC(=O)c1cnccn1. The normalized spacial score (nSPS) is 13.0. The van der Waals surface area contributed by atoms with Gasteiger partial charge in [0, 0.05) is 56.4 Å². The number of rotatable bonds is 20. The first kappa shape index (κ1) is 41.7. The van der Waals surface area contributed by atoms with Crippen LogP contribution in [0, 0.1) is 5.92 Å². The Kier molecular flexibility index (Phi) is 16.4. The second-order valence-corrected chi connectivity index (χ2v) is 15.2. The lowest BCUT2D eigenvalue weighted by Crippen LogP contribution is -2.53. The van der Waals surface area contributed by atoms with Gasteiger partial charge in [-0.05, 0) is 42.9 Å². The zero-order chi connectivity index (χ0) is 38.3. The third-order valence-electron chi connectivity index (χ3n) is 7.70. The Bertz CT molecular complexity index is 1720. The number of phenolic OH excluding ortho intramolecular Hbond substituents is 1. The lowest BCUT2D eigenvalue weighted by Gasteiger charge is -2.25.